The van der Waals surface area contributed by atoms with Gasteiger partial charge in [-0.05, 0) is 43.7 Å². The summed E-state index contributed by atoms with van der Waals surface area (Å²) in [7, 11) is 0. The summed E-state index contributed by atoms with van der Waals surface area (Å²) in [6.07, 6.45) is -4.39. The van der Waals surface area contributed by atoms with Gasteiger partial charge in [0.25, 0.3) is 0 Å². The average molecular weight is 417 g/mol. The molecule has 3 rings (SSSR count). The standard InChI is InChI=1S/C21H18F3N3OS/c1-13-5-3-4-6-17(13)26-18(28)12-29-19-11-14(2)25-20(27-19)15-7-9-16(10-8-15)21(22,23)24/h3-11H,12H2,1-2H3,(H,26,28). The summed E-state index contributed by atoms with van der Waals surface area (Å²) in [5.74, 6) is 0.300. The van der Waals surface area contributed by atoms with Crippen molar-refractivity contribution in [3.63, 3.8) is 0 Å². The maximum atomic E-state index is 12.7. The van der Waals surface area contributed by atoms with E-state index in [4.69, 9.17) is 0 Å². The molecule has 29 heavy (non-hydrogen) atoms. The Hall–Kier alpha value is -2.87. The molecular weight excluding hydrogens is 399 g/mol. The van der Waals surface area contributed by atoms with E-state index in [1.807, 2.05) is 31.2 Å². The van der Waals surface area contributed by atoms with Crippen molar-refractivity contribution in [3.05, 3.63) is 71.4 Å². The monoisotopic (exact) mass is 417 g/mol. The molecule has 0 saturated heterocycles. The summed E-state index contributed by atoms with van der Waals surface area (Å²) < 4.78 is 38.2. The van der Waals surface area contributed by atoms with Crippen LogP contribution in [0.3, 0.4) is 0 Å². The van der Waals surface area contributed by atoms with Crippen LogP contribution in [0.5, 0.6) is 0 Å². The summed E-state index contributed by atoms with van der Waals surface area (Å²) in [6.45, 7) is 3.68. The van der Waals surface area contributed by atoms with Gasteiger partial charge in [0, 0.05) is 16.9 Å². The number of nitrogens with zero attached hydrogens (tertiary/aromatic N) is 2. The van der Waals surface area contributed by atoms with Crippen molar-refractivity contribution < 1.29 is 18.0 Å². The van der Waals surface area contributed by atoms with E-state index in [0.717, 1.165) is 23.4 Å². The molecular formula is C21H18F3N3OS. The molecule has 1 amide bonds. The Bertz CT molecular complexity index is 1020. The number of anilines is 1. The number of hydrogen-bond donors (Lipinski definition) is 1. The van der Waals surface area contributed by atoms with E-state index in [2.05, 4.69) is 15.3 Å². The maximum Gasteiger partial charge on any atom is 0.416 e. The van der Waals surface area contributed by atoms with Crippen molar-refractivity contribution in [1.82, 2.24) is 9.97 Å². The van der Waals surface area contributed by atoms with Crippen molar-refractivity contribution in [2.75, 3.05) is 11.1 Å². The molecule has 0 unspecified atom stereocenters. The van der Waals surface area contributed by atoms with Crippen molar-refractivity contribution in [3.8, 4) is 11.4 Å². The molecule has 0 fully saturated rings. The van der Waals surface area contributed by atoms with Crippen LogP contribution >= 0.6 is 11.8 Å². The number of amides is 1. The second-order valence-corrected chi connectivity index (χ2v) is 7.39. The van der Waals surface area contributed by atoms with Gasteiger partial charge in [-0.15, -0.1) is 0 Å². The predicted molar refractivity (Wildman–Crippen MR) is 108 cm³/mol. The number of aromatic nitrogens is 2. The zero-order chi connectivity index (χ0) is 21.0. The molecule has 4 nitrogen and oxygen atoms in total. The Morgan fingerprint density at radius 1 is 1.03 bits per heavy atom. The lowest BCUT2D eigenvalue weighted by Gasteiger charge is -2.09. The first-order valence-corrected chi connectivity index (χ1v) is 9.72. The van der Waals surface area contributed by atoms with Crippen LogP contribution in [0.15, 0.2) is 59.6 Å². The zero-order valence-corrected chi connectivity index (χ0v) is 16.6. The van der Waals surface area contributed by atoms with Crippen molar-refractivity contribution in [2.24, 2.45) is 0 Å². The van der Waals surface area contributed by atoms with Gasteiger partial charge in [-0.2, -0.15) is 13.2 Å². The van der Waals surface area contributed by atoms with E-state index in [1.54, 1.807) is 13.0 Å². The molecule has 0 bridgehead atoms. The van der Waals surface area contributed by atoms with Crippen molar-refractivity contribution >= 4 is 23.4 Å². The SMILES string of the molecule is Cc1cc(SCC(=O)Nc2ccccc2C)nc(-c2ccc(C(F)(F)F)cc2)n1. The first-order chi connectivity index (χ1) is 13.7. The highest BCUT2D eigenvalue weighted by atomic mass is 32.2. The van der Waals surface area contributed by atoms with Gasteiger partial charge >= 0.3 is 6.18 Å². The molecule has 0 aliphatic heterocycles. The number of benzene rings is 2. The van der Waals surface area contributed by atoms with Gasteiger partial charge in [-0.1, -0.05) is 42.1 Å². The normalized spacial score (nSPS) is 11.3. The van der Waals surface area contributed by atoms with Crippen molar-refractivity contribution in [2.45, 2.75) is 25.0 Å². The molecule has 0 radical (unpaired) electrons. The minimum Gasteiger partial charge on any atom is -0.325 e. The zero-order valence-electron chi connectivity index (χ0n) is 15.7. The van der Waals surface area contributed by atoms with Gasteiger partial charge in [-0.3, -0.25) is 4.79 Å². The minimum atomic E-state index is -4.39. The van der Waals surface area contributed by atoms with Crippen LogP contribution in [0.2, 0.25) is 0 Å². The number of hydrogen-bond acceptors (Lipinski definition) is 4. The number of halogens is 3. The first kappa shape index (κ1) is 20.9. The van der Waals surface area contributed by atoms with Gasteiger partial charge < -0.3 is 5.32 Å². The third-order valence-electron chi connectivity index (χ3n) is 4.07. The van der Waals surface area contributed by atoms with Crippen LogP contribution in [-0.2, 0) is 11.0 Å². The minimum absolute atomic E-state index is 0.150. The summed E-state index contributed by atoms with van der Waals surface area (Å²) in [5, 5.41) is 3.43. The van der Waals surface area contributed by atoms with Crippen LogP contribution in [-0.4, -0.2) is 21.6 Å². The second-order valence-electron chi connectivity index (χ2n) is 6.40. The lowest BCUT2D eigenvalue weighted by atomic mass is 10.1. The fourth-order valence-electron chi connectivity index (χ4n) is 2.59. The number of aryl methyl sites for hydroxylation is 2. The maximum absolute atomic E-state index is 12.7. The van der Waals surface area contributed by atoms with Crippen LogP contribution < -0.4 is 5.32 Å². The van der Waals surface area contributed by atoms with Crippen LogP contribution in [0, 0.1) is 13.8 Å². The molecule has 0 saturated carbocycles. The summed E-state index contributed by atoms with van der Waals surface area (Å²) in [4.78, 5) is 20.9. The summed E-state index contributed by atoms with van der Waals surface area (Å²) in [6, 6.07) is 13.9. The highest BCUT2D eigenvalue weighted by molar-refractivity contribution is 7.99. The van der Waals surface area contributed by atoms with E-state index in [1.165, 1.54) is 23.9 Å². The lowest BCUT2D eigenvalue weighted by molar-refractivity contribution is -0.137. The highest BCUT2D eigenvalue weighted by Gasteiger charge is 2.30. The molecule has 2 aromatic carbocycles. The molecule has 8 heteroatoms. The number of nitrogens with one attached hydrogen (secondary N) is 1. The molecule has 0 spiro atoms. The Labute approximate surface area is 170 Å². The molecule has 1 aromatic heterocycles. The van der Waals surface area contributed by atoms with E-state index >= 15 is 0 Å². The van der Waals surface area contributed by atoms with Crippen molar-refractivity contribution in [1.29, 1.82) is 0 Å². The summed E-state index contributed by atoms with van der Waals surface area (Å²) in [5.41, 5.74) is 2.14. The van der Waals surface area contributed by atoms with E-state index < -0.39 is 11.7 Å². The Morgan fingerprint density at radius 3 is 2.38 bits per heavy atom. The largest absolute Gasteiger partial charge is 0.416 e. The van der Waals surface area contributed by atoms with Gasteiger partial charge in [0.05, 0.1) is 11.3 Å². The van der Waals surface area contributed by atoms with Gasteiger partial charge in [0.2, 0.25) is 5.91 Å². The number of thioether (sulfide) groups is 1. The molecule has 3 aromatic rings. The lowest BCUT2D eigenvalue weighted by Crippen LogP contribution is -2.15. The molecule has 1 N–H and O–H groups in total. The second kappa shape index (κ2) is 8.65. The van der Waals surface area contributed by atoms with E-state index in [-0.39, 0.29) is 11.7 Å². The highest BCUT2D eigenvalue weighted by Crippen LogP contribution is 2.30. The molecule has 0 atom stereocenters. The van der Waals surface area contributed by atoms with Crippen LogP contribution in [0.1, 0.15) is 16.8 Å². The third kappa shape index (κ3) is 5.57. The average Bonchev–Trinajstić information content (AvgIpc) is 2.67. The smallest absolute Gasteiger partial charge is 0.325 e. The molecule has 150 valence electrons. The Morgan fingerprint density at radius 2 is 1.72 bits per heavy atom. The topological polar surface area (TPSA) is 54.9 Å². The number of alkyl halides is 3. The Kier molecular flexibility index (Phi) is 6.22. The van der Waals surface area contributed by atoms with Crippen LogP contribution in [0.4, 0.5) is 18.9 Å². The fraction of sp³-hybridized carbons (Fsp3) is 0.190. The molecule has 1 heterocycles. The number of carbonyl (C=O) groups is 1. The van der Waals surface area contributed by atoms with Gasteiger partial charge in [0.1, 0.15) is 5.03 Å². The van der Waals surface area contributed by atoms with Crippen LogP contribution in [0.25, 0.3) is 11.4 Å². The Balaban J connectivity index is 1.70. The number of rotatable bonds is 5. The van der Waals surface area contributed by atoms with E-state index in [9.17, 15) is 18.0 Å². The summed E-state index contributed by atoms with van der Waals surface area (Å²) >= 11 is 1.24. The predicted octanol–water partition coefficient (Wildman–Crippen LogP) is 5.51. The molecule has 0 aliphatic carbocycles. The third-order valence-corrected chi connectivity index (χ3v) is 4.98. The number of carbonyl (C=O) groups excluding carboxylic acids is 1. The van der Waals surface area contributed by atoms with E-state index in [0.29, 0.717) is 22.1 Å². The van der Waals surface area contributed by atoms with Gasteiger partial charge in [-0.25, -0.2) is 9.97 Å². The quantitative estimate of drug-likeness (QED) is 0.439. The van der Waals surface area contributed by atoms with Gasteiger partial charge in [0.15, 0.2) is 5.82 Å². The molecule has 0 aliphatic rings. The number of para-hydroxylation sites is 1. The fourth-order valence-corrected chi connectivity index (χ4v) is 3.35. The first-order valence-electron chi connectivity index (χ1n) is 8.74.